The van der Waals surface area contributed by atoms with E-state index in [0.29, 0.717) is 0 Å². The summed E-state index contributed by atoms with van der Waals surface area (Å²) in [5.41, 5.74) is -0.855. The van der Waals surface area contributed by atoms with E-state index in [0.717, 1.165) is 6.07 Å². The second-order valence-electron chi connectivity index (χ2n) is 5.79. The molecule has 0 radical (unpaired) electrons. The number of rotatable bonds is 7. The lowest BCUT2D eigenvalue weighted by molar-refractivity contribution is 0.0683. The summed E-state index contributed by atoms with van der Waals surface area (Å²) in [5.74, 6) is -1.17. The van der Waals surface area contributed by atoms with Gasteiger partial charge in [-0.1, -0.05) is 0 Å². The second-order valence-corrected chi connectivity index (χ2v) is 7.47. The van der Waals surface area contributed by atoms with Gasteiger partial charge in [-0.05, 0) is 33.8 Å². The van der Waals surface area contributed by atoms with Crippen LogP contribution < -0.4 is 4.72 Å². The molecular weight excluding hydrogens is 296 g/mol. The zero-order chi connectivity index (χ0) is 16.4. The van der Waals surface area contributed by atoms with E-state index in [1.165, 1.54) is 17.9 Å². The SMILES string of the molecule is COCC(C)(C)NS(=O)(=O)c1cc(C(=O)O)n(C(C)C)c1. The molecule has 1 aromatic heterocycles. The monoisotopic (exact) mass is 318 g/mol. The van der Waals surface area contributed by atoms with Crippen LogP contribution in [0.25, 0.3) is 0 Å². The minimum absolute atomic E-state index is 0.0603. The number of nitrogens with zero attached hydrogens (tertiary/aromatic N) is 1. The summed E-state index contributed by atoms with van der Waals surface area (Å²) in [5, 5.41) is 9.15. The van der Waals surface area contributed by atoms with E-state index >= 15 is 0 Å². The number of aromatic nitrogens is 1. The van der Waals surface area contributed by atoms with E-state index in [2.05, 4.69) is 4.72 Å². The zero-order valence-corrected chi connectivity index (χ0v) is 13.7. The smallest absolute Gasteiger partial charge is 0.352 e. The van der Waals surface area contributed by atoms with Crippen molar-refractivity contribution >= 4 is 16.0 Å². The van der Waals surface area contributed by atoms with Crippen LogP contribution in [0.1, 0.15) is 44.2 Å². The largest absolute Gasteiger partial charge is 0.477 e. The molecule has 0 saturated heterocycles. The highest BCUT2D eigenvalue weighted by Gasteiger charge is 2.29. The first-order valence-corrected chi connectivity index (χ1v) is 7.96. The van der Waals surface area contributed by atoms with Gasteiger partial charge >= 0.3 is 5.97 Å². The number of ether oxygens (including phenoxy) is 1. The van der Waals surface area contributed by atoms with Crippen LogP contribution in [0, 0.1) is 0 Å². The molecule has 1 rings (SSSR count). The number of carbonyl (C=O) groups is 1. The van der Waals surface area contributed by atoms with Crippen molar-refractivity contribution in [1.29, 1.82) is 0 Å². The van der Waals surface area contributed by atoms with Crippen LogP contribution >= 0.6 is 0 Å². The number of aromatic carboxylic acids is 1. The Morgan fingerprint density at radius 2 is 2.05 bits per heavy atom. The molecule has 120 valence electrons. The van der Waals surface area contributed by atoms with Crippen LogP contribution in [0.4, 0.5) is 0 Å². The zero-order valence-electron chi connectivity index (χ0n) is 12.9. The Balaban J connectivity index is 3.21. The molecule has 0 saturated carbocycles. The summed E-state index contributed by atoms with van der Waals surface area (Å²) in [6.45, 7) is 7.14. The summed E-state index contributed by atoms with van der Waals surface area (Å²) < 4.78 is 33.6. The van der Waals surface area contributed by atoms with Gasteiger partial charge in [0.1, 0.15) is 10.6 Å². The van der Waals surface area contributed by atoms with Crippen molar-refractivity contribution in [2.75, 3.05) is 13.7 Å². The number of carboxylic acid groups (broad SMARTS) is 1. The van der Waals surface area contributed by atoms with Crippen molar-refractivity contribution < 1.29 is 23.1 Å². The van der Waals surface area contributed by atoms with Gasteiger partial charge in [0, 0.05) is 19.3 Å². The molecule has 0 atom stereocenters. The molecule has 0 amide bonds. The van der Waals surface area contributed by atoms with Crippen molar-refractivity contribution in [3.8, 4) is 0 Å². The first kappa shape index (κ1) is 17.7. The number of sulfonamides is 1. The highest BCUT2D eigenvalue weighted by molar-refractivity contribution is 7.89. The van der Waals surface area contributed by atoms with Gasteiger partial charge in [0.15, 0.2) is 0 Å². The first-order valence-electron chi connectivity index (χ1n) is 6.48. The third-order valence-electron chi connectivity index (χ3n) is 2.83. The maximum atomic E-state index is 12.4. The van der Waals surface area contributed by atoms with Crippen LogP contribution in [-0.2, 0) is 14.8 Å². The van der Waals surface area contributed by atoms with Gasteiger partial charge in [0.2, 0.25) is 10.0 Å². The highest BCUT2D eigenvalue weighted by Crippen LogP contribution is 2.20. The van der Waals surface area contributed by atoms with E-state index in [1.807, 2.05) is 0 Å². The van der Waals surface area contributed by atoms with Crippen molar-refractivity contribution in [3.63, 3.8) is 0 Å². The Morgan fingerprint density at radius 1 is 1.48 bits per heavy atom. The van der Waals surface area contributed by atoms with Gasteiger partial charge in [-0.25, -0.2) is 17.9 Å². The number of hydrogen-bond acceptors (Lipinski definition) is 4. The predicted octanol–water partition coefficient (Wildman–Crippen LogP) is 1.47. The maximum Gasteiger partial charge on any atom is 0.352 e. The van der Waals surface area contributed by atoms with Crippen molar-refractivity contribution in [1.82, 2.24) is 9.29 Å². The number of hydrogen-bond donors (Lipinski definition) is 2. The first-order chi connectivity index (χ1) is 9.50. The average molecular weight is 318 g/mol. The van der Waals surface area contributed by atoms with Crippen LogP contribution in [0.2, 0.25) is 0 Å². The molecule has 0 aromatic carbocycles. The van der Waals surface area contributed by atoms with Crippen molar-refractivity contribution in [2.45, 2.75) is 44.2 Å². The Labute approximate surface area is 125 Å². The molecule has 2 N–H and O–H groups in total. The van der Waals surface area contributed by atoms with Crippen LogP contribution in [-0.4, -0.2) is 43.3 Å². The number of nitrogens with one attached hydrogen (secondary N) is 1. The van der Waals surface area contributed by atoms with E-state index < -0.39 is 21.5 Å². The van der Waals surface area contributed by atoms with E-state index in [-0.39, 0.29) is 23.2 Å². The molecule has 0 aliphatic rings. The Hall–Kier alpha value is -1.38. The summed E-state index contributed by atoms with van der Waals surface area (Å²) in [7, 11) is -2.34. The van der Waals surface area contributed by atoms with Crippen molar-refractivity contribution in [3.05, 3.63) is 18.0 Å². The molecule has 0 spiro atoms. The molecule has 1 aromatic rings. The summed E-state index contributed by atoms with van der Waals surface area (Å²) in [6.07, 6.45) is 1.33. The van der Waals surface area contributed by atoms with E-state index in [4.69, 9.17) is 9.84 Å². The Bertz CT molecular complexity index is 617. The fourth-order valence-corrected chi connectivity index (χ4v) is 3.44. The molecular formula is C13H22N2O5S. The van der Waals surface area contributed by atoms with E-state index in [1.54, 1.807) is 27.7 Å². The Morgan fingerprint density at radius 3 is 2.43 bits per heavy atom. The lowest BCUT2D eigenvalue weighted by atomic mass is 10.1. The Kier molecular flexibility index (Phi) is 5.19. The predicted molar refractivity (Wildman–Crippen MR) is 78.1 cm³/mol. The van der Waals surface area contributed by atoms with Crippen molar-refractivity contribution in [2.24, 2.45) is 0 Å². The van der Waals surface area contributed by atoms with Gasteiger partial charge in [-0.15, -0.1) is 0 Å². The summed E-state index contributed by atoms with van der Waals surface area (Å²) >= 11 is 0. The van der Waals surface area contributed by atoms with Crippen LogP contribution in [0.5, 0.6) is 0 Å². The van der Waals surface area contributed by atoms with Gasteiger partial charge in [-0.3, -0.25) is 0 Å². The standard InChI is InChI=1S/C13H22N2O5S/c1-9(2)15-7-10(6-11(15)12(16)17)21(18,19)14-13(3,4)8-20-5/h6-7,9,14H,8H2,1-5H3,(H,16,17). The van der Waals surface area contributed by atoms with Gasteiger partial charge in [0.05, 0.1) is 12.1 Å². The summed E-state index contributed by atoms with van der Waals surface area (Å²) in [4.78, 5) is 11.1. The maximum absolute atomic E-state index is 12.4. The number of carboxylic acids is 1. The molecule has 1 heterocycles. The number of methoxy groups -OCH3 is 1. The highest BCUT2D eigenvalue weighted by atomic mass is 32.2. The minimum Gasteiger partial charge on any atom is -0.477 e. The molecule has 21 heavy (non-hydrogen) atoms. The minimum atomic E-state index is -3.82. The molecule has 0 unspecified atom stereocenters. The third kappa shape index (κ3) is 4.29. The van der Waals surface area contributed by atoms with Crippen LogP contribution in [0.15, 0.2) is 17.2 Å². The normalized spacial score (nSPS) is 12.9. The molecule has 0 fully saturated rings. The van der Waals surface area contributed by atoms with E-state index in [9.17, 15) is 13.2 Å². The lowest BCUT2D eigenvalue weighted by Gasteiger charge is -2.24. The fourth-order valence-electron chi connectivity index (χ4n) is 2.01. The molecule has 7 nitrogen and oxygen atoms in total. The second kappa shape index (κ2) is 6.17. The quantitative estimate of drug-likeness (QED) is 0.793. The van der Waals surface area contributed by atoms with Crippen LogP contribution in [0.3, 0.4) is 0 Å². The molecule has 0 bridgehead atoms. The van der Waals surface area contributed by atoms with Gasteiger partial charge < -0.3 is 14.4 Å². The molecule has 0 aliphatic carbocycles. The lowest BCUT2D eigenvalue weighted by Crippen LogP contribution is -2.46. The fraction of sp³-hybridized carbons (Fsp3) is 0.615. The molecule has 0 aliphatic heterocycles. The van der Waals surface area contributed by atoms with Gasteiger partial charge in [-0.2, -0.15) is 0 Å². The molecule has 8 heteroatoms. The topological polar surface area (TPSA) is 97.6 Å². The summed E-state index contributed by atoms with van der Waals surface area (Å²) in [6, 6.07) is 1.00. The van der Waals surface area contributed by atoms with Gasteiger partial charge in [0.25, 0.3) is 0 Å². The third-order valence-corrected chi connectivity index (χ3v) is 4.49. The average Bonchev–Trinajstić information content (AvgIpc) is 2.72.